The lowest BCUT2D eigenvalue weighted by molar-refractivity contribution is -0.134. The lowest BCUT2D eigenvalue weighted by atomic mass is 9.51. The van der Waals surface area contributed by atoms with Crippen LogP contribution < -0.4 is 4.90 Å². The fourth-order valence-corrected chi connectivity index (χ4v) is 6.96. The van der Waals surface area contributed by atoms with Gasteiger partial charge in [-0.1, -0.05) is 61.7 Å². The first-order valence-corrected chi connectivity index (χ1v) is 13.8. The van der Waals surface area contributed by atoms with E-state index in [4.69, 9.17) is 4.74 Å². The molecule has 6 rings (SSSR count). The van der Waals surface area contributed by atoms with Gasteiger partial charge in [-0.05, 0) is 91.5 Å². The largest absolute Gasteiger partial charge is 0.466 e. The molecule has 0 saturated heterocycles. The lowest BCUT2D eigenvalue weighted by Crippen LogP contribution is -2.51. The molecule has 2 aromatic rings. The first kappa shape index (κ1) is 24.8. The molecule has 4 saturated carbocycles. The van der Waals surface area contributed by atoms with Crippen LogP contribution in [0.3, 0.4) is 0 Å². The maximum atomic E-state index is 14.0. The molecule has 0 aromatic heterocycles. The Labute approximate surface area is 215 Å². The van der Waals surface area contributed by atoms with Gasteiger partial charge in [-0.15, -0.1) is 0 Å². The van der Waals surface area contributed by atoms with Gasteiger partial charge in [0.05, 0.1) is 7.11 Å². The van der Waals surface area contributed by atoms with Crippen LogP contribution in [0, 0.1) is 11.3 Å². The van der Waals surface area contributed by atoms with Gasteiger partial charge >= 0.3 is 5.97 Å². The molecule has 4 aliphatic carbocycles. The Bertz CT molecular complexity index is 1070. The molecule has 0 unspecified atom stereocenters. The summed E-state index contributed by atoms with van der Waals surface area (Å²) in [6.07, 6.45) is 15.9. The van der Waals surface area contributed by atoms with E-state index in [2.05, 4.69) is 47.4 Å². The Hall–Kier alpha value is -2.88. The summed E-state index contributed by atoms with van der Waals surface area (Å²) in [6.45, 7) is 0.803. The number of anilines is 1. The first-order valence-electron chi connectivity index (χ1n) is 13.8. The molecule has 0 atom stereocenters. The monoisotopic (exact) mass is 485 g/mol. The van der Waals surface area contributed by atoms with Gasteiger partial charge in [0, 0.05) is 24.2 Å². The van der Waals surface area contributed by atoms with Crippen LogP contribution in [-0.4, -0.2) is 25.5 Å². The quantitative estimate of drug-likeness (QED) is 0.311. The van der Waals surface area contributed by atoms with E-state index in [0.717, 1.165) is 43.5 Å². The minimum absolute atomic E-state index is 0.125. The lowest BCUT2D eigenvalue weighted by Gasteiger charge is -2.55. The van der Waals surface area contributed by atoms with Crippen LogP contribution >= 0.6 is 0 Å². The third kappa shape index (κ3) is 5.14. The van der Waals surface area contributed by atoms with Gasteiger partial charge in [-0.3, -0.25) is 4.79 Å². The molecule has 0 spiro atoms. The van der Waals surface area contributed by atoms with Crippen LogP contribution in [0.1, 0.15) is 81.8 Å². The highest BCUT2D eigenvalue weighted by Crippen LogP contribution is 2.58. The molecule has 4 heteroatoms. The first-order chi connectivity index (χ1) is 17.5. The molecule has 2 bridgehead atoms. The van der Waals surface area contributed by atoms with Gasteiger partial charge in [0.15, 0.2) is 0 Å². The SMILES string of the molecule is COC(=O)/C=C/c1cccc(N(CC23CCC(c4ccccc4)(CC2)CC3)C(=O)C2CCCCC2)c1. The molecule has 0 heterocycles. The summed E-state index contributed by atoms with van der Waals surface area (Å²) < 4.78 is 4.75. The fourth-order valence-electron chi connectivity index (χ4n) is 6.96. The number of carbonyl (C=O) groups excluding carboxylic acids is 2. The maximum Gasteiger partial charge on any atom is 0.330 e. The summed E-state index contributed by atoms with van der Waals surface area (Å²) in [4.78, 5) is 27.7. The number of hydrogen-bond acceptors (Lipinski definition) is 3. The topological polar surface area (TPSA) is 46.6 Å². The second-order valence-corrected chi connectivity index (χ2v) is 11.4. The van der Waals surface area contributed by atoms with Crippen LogP contribution in [0.2, 0.25) is 0 Å². The molecular formula is C32H39NO3. The summed E-state index contributed by atoms with van der Waals surface area (Å²) in [5, 5.41) is 0. The van der Waals surface area contributed by atoms with Crippen molar-refractivity contribution in [1.82, 2.24) is 0 Å². The van der Waals surface area contributed by atoms with Crippen molar-refractivity contribution in [2.24, 2.45) is 11.3 Å². The van der Waals surface area contributed by atoms with Crippen molar-refractivity contribution in [3.8, 4) is 0 Å². The standard InChI is InChI=1S/C32H39NO3/c1-36-29(34)16-15-25-9-8-14-28(23-25)33(30(35)26-10-4-2-5-11-26)24-31-17-20-32(21-18-31,22-19-31)27-12-6-3-7-13-27/h3,6-9,12-16,23,26H,2,4-5,10-11,17-22,24H2,1H3/b16-15+. The number of nitrogens with zero attached hydrogens (tertiary/aromatic N) is 1. The zero-order valence-electron chi connectivity index (χ0n) is 21.6. The fraction of sp³-hybridized carbons (Fsp3) is 0.500. The van der Waals surface area contributed by atoms with Crippen molar-refractivity contribution in [2.75, 3.05) is 18.6 Å². The molecule has 4 nitrogen and oxygen atoms in total. The van der Waals surface area contributed by atoms with E-state index in [0.29, 0.717) is 11.3 Å². The van der Waals surface area contributed by atoms with Crippen LogP contribution in [0.15, 0.2) is 60.7 Å². The Kier molecular flexibility index (Phi) is 7.32. The summed E-state index contributed by atoms with van der Waals surface area (Å²) >= 11 is 0. The van der Waals surface area contributed by atoms with E-state index in [9.17, 15) is 9.59 Å². The molecule has 4 fully saturated rings. The summed E-state index contributed by atoms with van der Waals surface area (Å²) in [7, 11) is 1.38. The van der Waals surface area contributed by atoms with E-state index >= 15 is 0 Å². The highest BCUT2D eigenvalue weighted by Gasteiger charge is 2.50. The van der Waals surface area contributed by atoms with Gasteiger partial charge in [0.2, 0.25) is 5.91 Å². The Morgan fingerprint density at radius 3 is 2.28 bits per heavy atom. The molecule has 36 heavy (non-hydrogen) atoms. The molecule has 2 aromatic carbocycles. The van der Waals surface area contributed by atoms with Crippen LogP contribution in [0.4, 0.5) is 5.69 Å². The van der Waals surface area contributed by atoms with Gasteiger partial charge in [-0.25, -0.2) is 4.79 Å². The molecule has 1 amide bonds. The molecule has 4 aliphatic rings. The van der Waals surface area contributed by atoms with Gasteiger partial charge < -0.3 is 9.64 Å². The van der Waals surface area contributed by atoms with Crippen LogP contribution in [-0.2, 0) is 19.7 Å². The highest BCUT2D eigenvalue weighted by atomic mass is 16.5. The van der Waals surface area contributed by atoms with E-state index in [1.165, 1.54) is 63.7 Å². The number of esters is 1. The number of fused-ring (bicyclic) bond motifs is 3. The third-order valence-electron chi connectivity index (χ3n) is 9.30. The van der Waals surface area contributed by atoms with Crippen molar-refractivity contribution in [3.63, 3.8) is 0 Å². The van der Waals surface area contributed by atoms with E-state index in [1.807, 2.05) is 12.1 Å². The van der Waals surface area contributed by atoms with Crippen molar-refractivity contribution in [3.05, 3.63) is 71.8 Å². The maximum absolute atomic E-state index is 14.0. The van der Waals surface area contributed by atoms with Gasteiger partial charge in [0.1, 0.15) is 0 Å². The summed E-state index contributed by atoms with van der Waals surface area (Å²) in [6, 6.07) is 19.2. The zero-order chi connectivity index (χ0) is 25.0. The smallest absolute Gasteiger partial charge is 0.330 e. The average molecular weight is 486 g/mol. The molecule has 0 aliphatic heterocycles. The number of hydrogen-bond donors (Lipinski definition) is 0. The Morgan fingerprint density at radius 1 is 0.917 bits per heavy atom. The van der Waals surface area contributed by atoms with Crippen LogP contribution in [0.5, 0.6) is 0 Å². The molecule has 0 N–H and O–H groups in total. The number of methoxy groups -OCH3 is 1. The van der Waals surface area contributed by atoms with Crippen molar-refractivity contribution < 1.29 is 14.3 Å². The minimum atomic E-state index is -0.374. The third-order valence-corrected chi connectivity index (χ3v) is 9.30. The molecular weight excluding hydrogens is 446 g/mol. The molecule has 0 radical (unpaired) electrons. The highest BCUT2D eigenvalue weighted by molar-refractivity contribution is 5.95. The number of rotatable bonds is 7. The number of amides is 1. The van der Waals surface area contributed by atoms with Crippen molar-refractivity contribution in [2.45, 2.75) is 76.0 Å². The second kappa shape index (κ2) is 10.6. The van der Waals surface area contributed by atoms with E-state index in [-0.39, 0.29) is 17.3 Å². The average Bonchev–Trinajstić information content (AvgIpc) is 2.96. The Balaban J connectivity index is 1.39. The zero-order valence-corrected chi connectivity index (χ0v) is 21.6. The molecule has 190 valence electrons. The summed E-state index contributed by atoms with van der Waals surface area (Å²) in [5.41, 5.74) is 3.88. The predicted molar refractivity (Wildman–Crippen MR) is 145 cm³/mol. The van der Waals surface area contributed by atoms with Gasteiger partial charge in [-0.2, -0.15) is 0 Å². The number of benzene rings is 2. The van der Waals surface area contributed by atoms with Crippen LogP contribution in [0.25, 0.3) is 6.08 Å². The summed E-state index contributed by atoms with van der Waals surface area (Å²) in [5.74, 6) is 0.0457. The normalized spacial score (nSPS) is 26.1. The minimum Gasteiger partial charge on any atom is -0.466 e. The number of carbonyl (C=O) groups is 2. The van der Waals surface area contributed by atoms with Gasteiger partial charge in [0.25, 0.3) is 0 Å². The Morgan fingerprint density at radius 2 is 1.61 bits per heavy atom. The second-order valence-electron chi connectivity index (χ2n) is 11.4. The predicted octanol–water partition coefficient (Wildman–Crippen LogP) is 7.08. The van der Waals surface area contributed by atoms with Crippen molar-refractivity contribution in [1.29, 1.82) is 0 Å². The number of ether oxygens (including phenoxy) is 1. The van der Waals surface area contributed by atoms with E-state index < -0.39 is 0 Å². The van der Waals surface area contributed by atoms with E-state index in [1.54, 1.807) is 6.08 Å². The van der Waals surface area contributed by atoms with Crippen molar-refractivity contribution >= 4 is 23.6 Å².